The van der Waals surface area contributed by atoms with E-state index in [2.05, 4.69) is 4.99 Å². The van der Waals surface area contributed by atoms with E-state index < -0.39 is 0 Å². The van der Waals surface area contributed by atoms with Crippen LogP contribution in [0.15, 0.2) is 4.99 Å². The van der Waals surface area contributed by atoms with Gasteiger partial charge in [0, 0.05) is 6.92 Å². The van der Waals surface area contributed by atoms with Crippen molar-refractivity contribution in [3.8, 4) is 0 Å². The maximum atomic E-state index is 4.81. The highest BCUT2D eigenvalue weighted by Gasteiger charge is 1.95. The molecule has 3 nitrogen and oxygen atoms in total. The molecule has 40 valence electrons. The smallest absolute Gasteiger partial charge is 0.192 e. The van der Waals surface area contributed by atoms with Crippen molar-refractivity contribution < 1.29 is 9.47 Å². The van der Waals surface area contributed by atoms with Gasteiger partial charge in [0.2, 0.25) is 0 Å². The molecule has 0 amide bonds. The van der Waals surface area contributed by atoms with Gasteiger partial charge < -0.3 is 9.47 Å². The van der Waals surface area contributed by atoms with Crippen LogP contribution in [-0.4, -0.2) is 19.4 Å². The molecule has 3 heteroatoms. The van der Waals surface area contributed by atoms with Crippen LogP contribution in [0.2, 0.25) is 0 Å². The summed E-state index contributed by atoms with van der Waals surface area (Å²) in [6.45, 7) is 2.61. The third-order valence-electron chi connectivity index (χ3n) is 0.730. The molecule has 0 atom stereocenters. The molecule has 0 aliphatic carbocycles. The highest BCUT2D eigenvalue weighted by Crippen LogP contribution is 1.90. The summed E-state index contributed by atoms with van der Waals surface area (Å²) in [4.78, 5) is 3.80. The molecule has 7 heavy (non-hydrogen) atoms. The summed E-state index contributed by atoms with van der Waals surface area (Å²) in [5.74, 6) is 0.714. The van der Waals surface area contributed by atoms with Crippen LogP contribution in [0.5, 0.6) is 0 Å². The molecule has 0 saturated heterocycles. The lowest BCUT2D eigenvalue weighted by Gasteiger charge is -2.09. The molecule has 0 aromatic rings. The molecule has 0 aromatic carbocycles. The Morgan fingerprint density at radius 3 is 2.86 bits per heavy atom. The van der Waals surface area contributed by atoms with E-state index in [1.807, 2.05) is 6.92 Å². The van der Waals surface area contributed by atoms with Gasteiger partial charge in [-0.3, -0.25) is 0 Å². The van der Waals surface area contributed by atoms with Gasteiger partial charge in [-0.2, -0.15) is 0 Å². The van der Waals surface area contributed by atoms with Crippen molar-refractivity contribution in [3.63, 3.8) is 0 Å². The van der Waals surface area contributed by atoms with E-state index in [-0.39, 0.29) is 0 Å². The second-order valence-corrected chi connectivity index (χ2v) is 1.27. The highest BCUT2D eigenvalue weighted by atomic mass is 16.7. The lowest BCUT2D eigenvalue weighted by Crippen LogP contribution is -2.11. The molecule has 1 rings (SSSR count). The highest BCUT2D eigenvalue weighted by molar-refractivity contribution is 5.73. The minimum absolute atomic E-state index is 0.356. The number of hydrogen-bond acceptors (Lipinski definition) is 3. The fraction of sp³-hybridized carbons (Fsp3) is 0.750. The molecule has 0 bridgehead atoms. The zero-order chi connectivity index (χ0) is 5.11. The van der Waals surface area contributed by atoms with Gasteiger partial charge in [-0.1, -0.05) is 0 Å². The first-order chi connectivity index (χ1) is 3.39. The first-order valence-corrected chi connectivity index (χ1v) is 2.11. The minimum Gasteiger partial charge on any atom is -0.455 e. The van der Waals surface area contributed by atoms with Crippen LogP contribution in [0, 0.1) is 0 Å². The summed E-state index contributed by atoms with van der Waals surface area (Å²) in [7, 11) is 0. The van der Waals surface area contributed by atoms with E-state index in [1.54, 1.807) is 0 Å². The molecule has 1 heterocycles. The van der Waals surface area contributed by atoms with E-state index in [0.717, 1.165) is 0 Å². The van der Waals surface area contributed by atoms with Crippen LogP contribution in [0.1, 0.15) is 6.92 Å². The lowest BCUT2D eigenvalue weighted by atomic mass is 10.7. The van der Waals surface area contributed by atoms with Gasteiger partial charge in [0.1, 0.15) is 6.73 Å². The zero-order valence-electron chi connectivity index (χ0n) is 4.18. The van der Waals surface area contributed by atoms with Crippen LogP contribution >= 0.6 is 0 Å². The average Bonchev–Trinajstić information content (AvgIpc) is 1.69. The largest absolute Gasteiger partial charge is 0.455 e. The molecule has 0 radical (unpaired) electrons. The Morgan fingerprint density at radius 1 is 1.71 bits per heavy atom. The molecule has 0 fully saturated rings. The second kappa shape index (κ2) is 1.93. The normalized spacial score (nSPS) is 20.4. The summed E-state index contributed by atoms with van der Waals surface area (Å²) in [6.07, 6.45) is 0. The summed E-state index contributed by atoms with van der Waals surface area (Å²) >= 11 is 0. The Hall–Kier alpha value is -0.570. The van der Waals surface area contributed by atoms with Gasteiger partial charge in [-0.05, 0) is 0 Å². The van der Waals surface area contributed by atoms with Crippen molar-refractivity contribution in [2.24, 2.45) is 4.99 Å². The quantitative estimate of drug-likeness (QED) is 0.441. The summed E-state index contributed by atoms with van der Waals surface area (Å²) in [5.41, 5.74) is 0. The molecular weight excluding hydrogens is 94.0 g/mol. The standard InChI is InChI=1S/C4H7NO2/c1-4-5-2-6-3-7-4/h2-3H2,1H3. The van der Waals surface area contributed by atoms with Gasteiger partial charge in [0.25, 0.3) is 0 Å². The zero-order valence-corrected chi connectivity index (χ0v) is 4.18. The van der Waals surface area contributed by atoms with Crippen molar-refractivity contribution in [2.45, 2.75) is 6.92 Å². The third-order valence-corrected chi connectivity index (χ3v) is 0.730. The second-order valence-electron chi connectivity index (χ2n) is 1.27. The predicted molar refractivity (Wildman–Crippen MR) is 25.0 cm³/mol. The van der Waals surface area contributed by atoms with E-state index in [9.17, 15) is 0 Å². The first kappa shape index (κ1) is 4.59. The van der Waals surface area contributed by atoms with E-state index in [4.69, 9.17) is 9.47 Å². The van der Waals surface area contributed by atoms with Crippen molar-refractivity contribution in [1.82, 2.24) is 0 Å². The molecule has 1 aliphatic heterocycles. The summed E-state index contributed by atoms with van der Waals surface area (Å²) in [5, 5.41) is 0. The molecule has 0 unspecified atom stereocenters. The summed E-state index contributed by atoms with van der Waals surface area (Å²) in [6, 6.07) is 0. The number of hydrogen-bond donors (Lipinski definition) is 0. The molecule has 0 saturated carbocycles. The maximum Gasteiger partial charge on any atom is 0.192 e. The number of aliphatic imine (C=N–C) groups is 1. The molecule has 0 spiro atoms. The van der Waals surface area contributed by atoms with Crippen LogP contribution in [0.4, 0.5) is 0 Å². The van der Waals surface area contributed by atoms with E-state index >= 15 is 0 Å². The lowest BCUT2D eigenvalue weighted by molar-refractivity contribution is -0.00774. The van der Waals surface area contributed by atoms with Crippen LogP contribution in [0.25, 0.3) is 0 Å². The predicted octanol–water partition coefficient (Wildman–Crippen LogP) is 0.367. The Labute approximate surface area is 42.0 Å². The number of ether oxygens (including phenoxy) is 2. The summed E-state index contributed by atoms with van der Waals surface area (Å²) < 4.78 is 9.54. The van der Waals surface area contributed by atoms with Crippen molar-refractivity contribution in [1.29, 1.82) is 0 Å². The van der Waals surface area contributed by atoms with Crippen molar-refractivity contribution in [2.75, 3.05) is 13.5 Å². The topological polar surface area (TPSA) is 30.8 Å². The van der Waals surface area contributed by atoms with Gasteiger partial charge >= 0.3 is 0 Å². The van der Waals surface area contributed by atoms with Crippen LogP contribution < -0.4 is 0 Å². The van der Waals surface area contributed by atoms with Crippen molar-refractivity contribution >= 4 is 5.90 Å². The average molecular weight is 101 g/mol. The van der Waals surface area contributed by atoms with E-state index in [1.165, 1.54) is 0 Å². The van der Waals surface area contributed by atoms with Gasteiger partial charge in [-0.15, -0.1) is 0 Å². The third kappa shape index (κ3) is 1.16. The fourth-order valence-electron chi connectivity index (χ4n) is 0.346. The maximum absolute atomic E-state index is 4.81. The Kier molecular flexibility index (Phi) is 1.26. The SMILES string of the molecule is CC1=NCOCO1. The first-order valence-electron chi connectivity index (χ1n) is 2.11. The monoisotopic (exact) mass is 101 g/mol. The van der Waals surface area contributed by atoms with E-state index in [0.29, 0.717) is 19.4 Å². The molecular formula is C4H7NO2. The minimum atomic E-state index is 0.356. The Morgan fingerprint density at radius 2 is 2.57 bits per heavy atom. The van der Waals surface area contributed by atoms with Crippen LogP contribution in [0.3, 0.4) is 0 Å². The van der Waals surface area contributed by atoms with Crippen molar-refractivity contribution in [3.05, 3.63) is 0 Å². The fourth-order valence-corrected chi connectivity index (χ4v) is 0.346. The Bertz CT molecular complexity index is 89.7. The van der Waals surface area contributed by atoms with Gasteiger partial charge in [0.15, 0.2) is 12.7 Å². The van der Waals surface area contributed by atoms with Gasteiger partial charge in [-0.25, -0.2) is 4.99 Å². The molecule has 1 aliphatic rings. The molecule has 0 N–H and O–H groups in total. The molecule has 0 aromatic heterocycles. The van der Waals surface area contributed by atoms with Crippen LogP contribution in [-0.2, 0) is 9.47 Å². The number of rotatable bonds is 0. The van der Waals surface area contributed by atoms with Gasteiger partial charge in [0.05, 0.1) is 0 Å². The number of nitrogens with zero attached hydrogens (tertiary/aromatic N) is 1. The Balaban J connectivity index is 2.40.